The lowest BCUT2D eigenvalue weighted by Crippen LogP contribution is -2.13. The van der Waals surface area contributed by atoms with Crippen LogP contribution in [-0.2, 0) is 6.54 Å². The van der Waals surface area contributed by atoms with Crippen molar-refractivity contribution < 1.29 is 14.4 Å². The largest absolute Gasteiger partial charge is 0.348 e. The number of anilines is 1. The van der Waals surface area contributed by atoms with Crippen molar-refractivity contribution in [3.63, 3.8) is 0 Å². The molecule has 0 spiro atoms. The molecule has 1 aromatic heterocycles. The quantitative estimate of drug-likeness (QED) is 0.552. The Morgan fingerprint density at radius 1 is 1.20 bits per heavy atom. The molecule has 4 N–H and O–H groups in total. The zero-order chi connectivity index (χ0) is 17.6. The van der Waals surface area contributed by atoms with Gasteiger partial charge in [-0.1, -0.05) is 6.07 Å². The minimum Gasteiger partial charge on any atom is -0.348 e. The van der Waals surface area contributed by atoms with Gasteiger partial charge in [0.25, 0.3) is 5.91 Å². The van der Waals surface area contributed by atoms with Crippen molar-refractivity contribution in [1.29, 1.82) is 0 Å². The first-order valence-corrected chi connectivity index (χ1v) is 7.74. The maximum Gasteiger partial charge on any atom is 0.252 e. The summed E-state index contributed by atoms with van der Waals surface area (Å²) < 4.78 is 14.4. The van der Waals surface area contributed by atoms with Gasteiger partial charge >= 0.3 is 0 Å². The molecule has 1 amide bonds. The number of rotatable bonds is 3. The van der Waals surface area contributed by atoms with Gasteiger partial charge in [-0.25, -0.2) is 9.37 Å². The highest BCUT2D eigenvalue weighted by molar-refractivity contribution is 6.06. The van der Waals surface area contributed by atoms with Gasteiger partial charge in [-0.2, -0.15) is 0 Å². The molecule has 3 aromatic rings. The number of benzene rings is 2. The Labute approximate surface area is 142 Å². The number of aryl methyl sites for hydroxylation is 1. The number of halogens is 1. The predicted octanol–water partition coefficient (Wildman–Crippen LogP) is 3.24. The number of imidazole rings is 1. The van der Waals surface area contributed by atoms with Crippen LogP contribution >= 0.6 is 0 Å². The summed E-state index contributed by atoms with van der Waals surface area (Å²) in [6, 6.07) is 7.91. The number of carbonyl (C=O) groups excluding carboxylic acids is 1. The first kappa shape index (κ1) is 15.3. The molecule has 0 bridgehead atoms. The van der Waals surface area contributed by atoms with Gasteiger partial charge in [-0.05, 0) is 42.3 Å². The third kappa shape index (κ3) is 2.45. The minimum absolute atomic E-state index is 0.199. The van der Waals surface area contributed by atoms with Gasteiger partial charge in [0.2, 0.25) is 0 Å². The molecule has 126 valence electrons. The topological polar surface area (TPSA) is 90.0 Å². The number of fused-ring (bicyclic) bond motifs is 1. The van der Waals surface area contributed by atoms with Crippen molar-refractivity contribution in [2.45, 2.75) is 13.5 Å². The van der Waals surface area contributed by atoms with Crippen molar-refractivity contribution in [2.75, 3.05) is 5.48 Å². The first-order chi connectivity index (χ1) is 12.1. The van der Waals surface area contributed by atoms with E-state index in [1.807, 2.05) is 12.4 Å². The number of nitrogens with one attached hydrogen (secondary N) is 3. The van der Waals surface area contributed by atoms with Gasteiger partial charge in [0, 0.05) is 29.6 Å². The molecule has 0 radical (unpaired) electrons. The van der Waals surface area contributed by atoms with Gasteiger partial charge in [0.05, 0.1) is 11.3 Å². The molecule has 2 aromatic carbocycles. The normalized spacial score (nSPS) is 12.8. The molecule has 6 nitrogen and oxygen atoms in total. The van der Waals surface area contributed by atoms with E-state index >= 15 is 0 Å². The van der Waals surface area contributed by atoms with E-state index in [0.717, 1.165) is 11.3 Å². The highest BCUT2D eigenvalue weighted by Crippen LogP contribution is 2.36. The molecular formula is C18H15FN4O2. The predicted molar refractivity (Wildman–Crippen MR) is 90.7 cm³/mol. The summed E-state index contributed by atoms with van der Waals surface area (Å²) in [5.41, 5.74) is 6.02. The Morgan fingerprint density at radius 3 is 2.64 bits per heavy atom. The average Bonchev–Trinajstić information content (AvgIpc) is 3.21. The Balaban J connectivity index is 1.91. The Kier molecular flexibility index (Phi) is 3.51. The van der Waals surface area contributed by atoms with E-state index in [4.69, 9.17) is 5.21 Å². The molecule has 2 heterocycles. The van der Waals surface area contributed by atoms with Crippen molar-refractivity contribution in [3.05, 3.63) is 59.2 Å². The number of hydrogen-bond donors (Lipinski definition) is 4. The highest BCUT2D eigenvalue weighted by atomic mass is 19.1. The summed E-state index contributed by atoms with van der Waals surface area (Å²) in [5, 5.41) is 11.7. The molecule has 1 aliphatic heterocycles. The number of aromatic nitrogens is 2. The molecule has 0 atom stereocenters. The number of carbonyl (C=O) groups is 1. The van der Waals surface area contributed by atoms with Crippen LogP contribution in [0.15, 0.2) is 36.5 Å². The molecule has 0 saturated carbocycles. The van der Waals surface area contributed by atoms with Crippen molar-refractivity contribution in [1.82, 2.24) is 15.3 Å². The second-order valence-electron chi connectivity index (χ2n) is 5.92. The zero-order valence-electron chi connectivity index (χ0n) is 13.4. The van der Waals surface area contributed by atoms with E-state index < -0.39 is 5.82 Å². The lowest BCUT2D eigenvalue weighted by molar-refractivity contribution is 0.0966. The summed E-state index contributed by atoms with van der Waals surface area (Å²) in [7, 11) is 0. The molecule has 25 heavy (non-hydrogen) atoms. The van der Waals surface area contributed by atoms with Gasteiger partial charge < -0.3 is 10.3 Å². The van der Waals surface area contributed by atoms with Crippen LogP contribution in [0.5, 0.6) is 0 Å². The van der Waals surface area contributed by atoms with Gasteiger partial charge in [-0.15, -0.1) is 0 Å². The van der Waals surface area contributed by atoms with E-state index in [0.29, 0.717) is 34.6 Å². The van der Waals surface area contributed by atoms with Crippen molar-refractivity contribution >= 4 is 11.6 Å². The van der Waals surface area contributed by atoms with E-state index in [1.165, 1.54) is 6.07 Å². The van der Waals surface area contributed by atoms with Crippen molar-refractivity contribution in [2.24, 2.45) is 0 Å². The summed E-state index contributed by atoms with van der Waals surface area (Å²) >= 11 is 0. The standard InChI is InChI=1S/C18H15FN4O2/c1-9-7-20-17(22-9)13-5-4-11(14-8-21-18(24)16(13)14)12-3-2-10(23-25)6-15(12)19/h2-7,23,25H,8H2,1H3,(H,20,22)(H,21,24). The summed E-state index contributed by atoms with van der Waals surface area (Å²) in [4.78, 5) is 19.8. The Bertz CT molecular complexity index is 997. The molecular weight excluding hydrogens is 323 g/mol. The fourth-order valence-corrected chi connectivity index (χ4v) is 3.15. The SMILES string of the molecule is Cc1cnc(-c2ccc(-c3ccc(NO)cc3F)c3c2C(=O)NC3)[nH]1. The van der Waals surface area contributed by atoms with Gasteiger partial charge in [0.15, 0.2) is 0 Å². The van der Waals surface area contributed by atoms with E-state index in [1.54, 1.807) is 30.5 Å². The number of hydrogen-bond acceptors (Lipinski definition) is 4. The summed E-state index contributed by atoms with van der Waals surface area (Å²) in [5.74, 6) is -0.0743. The smallest absolute Gasteiger partial charge is 0.252 e. The average molecular weight is 338 g/mol. The van der Waals surface area contributed by atoms with Crippen LogP contribution in [0, 0.1) is 12.7 Å². The van der Waals surface area contributed by atoms with Crippen LogP contribution < -0.4 is 10.8 Å². The fourth-order valence-electron chi connectivity index (χ4n) is 3.15. The second kappa shape index (κ2) is 5.71. The highest BCUT2D eigenvalue weighted by Gasteiger charge is 2.28. The Morgan fingerprint density at radius 2 is 1.96 bits per heavy atom. The molecule has 4 rings (SSSR count). The van der Waals surface area contributed by atoms with Crippen LogP contribution in [0.25, 0.3) is 22.5 Å². The lowest BCUT2D eigenvalue weighted by Gasteiger charge is -2.12. The Hall–Kier alpha value is -3.19. The zero-order valence-corrected chi connectivity index (χ0v) is 13.4. The third-order valence-corrected chi connectivity index (χ3v) is 4.31. The van der Waals surface area contributed by atoms with Crippen molar-refractivity contribution in [3.8, 4) is 22.5 Å². The number of amides is 1. The maximum atomic E-state index is 14.4. The lowest BCUT2D eigenvalue weighted by atomic mass is 9.92. The van der Waals surface area contributed by atoms with Crippen LogP contribution in [0.2, 0.25) is 0 Å². The third-order valence-electron chi connectivity index (χ3n) is 4.31. The number of aromatic amines is 1. The van der Waals surface area contributed by atoms with Crippen LogP contribution in [0.1, 0.15) is 21.6 Å². The molecule has 7 heteroatoms. The van der Waals surface area contributed by atoms with Crippen LogP contribution in [-0.4, -0.2) is 21.1 Å². The second-order valence-corrected chi connectivity index (χ2v) is 5.92. The van der Waals surface area contributed by atoms with E-state index in [9.17, 15) is 9.18 Å². The molecule has 0 unspecified atom stereocenters. The van der Waals surface area contributed by atoms with E-state index in [-0.39, 0.29) is 11.6 Å². The first-order valence-electron chi connectivity index (χ1n) is 7.74. The fraction of sp³-hybridized carbons (Fsp3) is 0.111. The number of nitrogens with zero attached hydrogens (tertiary/aromatic N) is 1. The molecule has 1 aliphatic rings. The molecule has 0 saturated heterocycles. The monoisotopic (exact) mass is 338 g/mol. The molecule has 0 fully saturated rings. The van der Waals surface area contributed by atoms with Crippen LogP contribution in [0.4, 0.5) is 10.1 Å². The van der Waals surface area contributed by atoms with Gasteiger partial charge in [-0.3, -0.25) is 15.5 Å². The minimum atomic E-state index is -0.484. The van der Waals surface area contributed by atoms with Gasteiger partial charge in [0.1, 0.15) is 11.6 Å². The summed E-state index contributed by atoms with van der Waals surface area (Å²) in [6.45, 7) is 2.22. The summed E-state index contributed by atoms with van der Waals surface area (Å²) in [6.07, 6.45) is 1.70. The maximum absolute atomic E-state index is 14.4. The van der Waals surface area contributed by atoms with E-state index in [2.05, 4.69) is 15.3 Å². The molecule has 0 aliphatic carbocycles. The number of H-pyrrole nitrogens is 1. The van der Waals surface area contributed by atoms with Crippen LogP contribution in [0.3, 0.4) is 0 Å².